The third-order valence-corrected chi connectivity index (χ3v) is 13.2. The number of hydrogen-bond donors (Lipinski definition) is 1. The lowest BCUT2D eigenvalue weighted by molar-refractivity contribution is -0.870. The van der Waals surface area contributed by atoms with Gasteiger partial charge in [-0.3, -0.25) is 13.8 Å². The van der Waals surface area contributed by atoms with E-state index < -0.39 is 13.9 Å². The van der Waals surface area contributed by atoms with Crippen molar-refractivity contribution in [2.24, 2.45) is 0 Å². The normalized spacial score (nSPS) is 13.5. The molecule has 9 heteroatoms. The van der Waals surface area contributed by atoms with Crippen molar-refractivity contribution in [2.75, 3.05) is 54.1 Å². The van der Waals surface area contributed by atoms with Crippen molar-refractivity contribution in [1.82, 2.24) is 0 Å². The molecule has 366 valence electrons. The first-order valence-corrected chi connectivity index (χ1v) is 28.3. The maximum Gasteiger partial charge on any atom is 0.472 e. The maximum atomic E-state index is 12.8. The lowest BCUT2D eigenvalue weighted by Crippen LogP contribution is -2.37. The average molecular weight is 889 g/mol. The largest absolute Gasteiger partial charge is 0.472 e. The second-order valence-corrected chi connectivity index (χ2v) is 21.1. The molecule has 0 aliphatic heterocycles. The number of quaternary nitrogens is 1. The molecule has 0 heterocycles. The number of carbonyl (C=O) groups excluding carboxylic acids is 1. The van der Waals surface area contributed by atoms with Gasteiger partial charge in [0.05, 0.1) is 34.4 Å². The lowest BCUT2D eigenvalue weighted by Gasteiger charge is -2.24. The van der Waals surface area contributed by atoms with Crippen molar-refractivity contribution in [3.05, 3.63) is 0 Å². The topological polar surface area (TPSA) is 91.3 Å². The van der Waals surface area contributed by atoms with E-state index in [0.717, 1.165) is 32.1 Å². The van der Waals surface area contributed by atoms with Crippen LogP contribution in [-0.4, -0.2) is 75.6 Å². The van der Waals surface area contributed by atoms with E-state index in [-0.39, 0.29) is 25.8 Å². The molecule has 0 radical (unpaired) electrons. The molecule has 0 aromatic rings. The molecule has 0 amide bonds. The first kappa shape index (κ1) is 60.5. The second kappa shape index (κ2) is 46.0. The fourth-order valence-corrected chi connectivity index (χ4v) is 8.77. The van der Waals surface area contributed by atoms with Crippen LogP contribution in [0.15, 0.2) is 0 Å². The minimum Gasteiger partial charge on any atom is -0.457 e. The first-order chi connectivity index (χ1) is 29.6. The Balaban J connectivity index is 4.05. The van der Waals surface area contributed by atoms with E-state index in [4.69, 9.17) is 18.5 Å². The molecular formula is C52H107NO7P+. The van der Waals surface area contributed by atoms with E-state index in [1.54, 1.807) is 0 Å². The third-order valence-electron chi connectivity index (χ3n) is 12.2. The van der Waals surface area contributed by atoms with Crippen LogP contribution >= 0.6 is 7.82 Å². The molecule has 61 heavy (non-hydrogen) atoms. The number of rotatable bonds is 51. The van der Waals surface area contributed by atoms with Gasteiger partial charge in [-0.2, -0.15) is 0 Å². The Hall–Kier alpha value is -0.500. The molecule has 0 spiro atoms. The second-order valence-electron chi connectivity index (χ2n) is 19.6. The summed E-state index contributed by atoms with van der Waals surface area (Å²) in [7, 11) is 1.69. The number of phosphoric acid groups is 1. The molecule has 8 nitrogen and oxygen atoms in total. The number of hydrogen-bond acceptors (Lipinski definition) is 6. The van der Waals surface area contributed by atoms with Gasteiger partial charge in [0.1, 0.15) is 19.3 Å². The zero-order valence-electron chi connectivity index (χ0n) is 41.7. The predicted molar refractivity (Wildman–Crippen MR) is 261 cm³/mol. The summed E-state index contributed by atoms with van der Waals surface area (Å²) in [6.45, 7) is 5.71. The van der Waals surface area contributed by atoms with Crippen LogP contribution in [-0.2, 0) is 27.9 Å². The Labute approximate surface area is 380 Å². The van der Waals surface area contributed by atoms with Crippen molar-refractivity contribution in [1.29, 1.82) is 0 Å². The molecule has 0 aromatic heterocycles. The molecule has 1 N–H and O–H groups in total. The fourth-order valence-electron chi connectivity index (χ4n) is 8.03. The summed E-state index contributed by atoms with van der Waals surface area (Å²) in [5.74, 6) is -0.304. The molecule has 0 rings (SSSR count). The van der Waals surface area contributed by atoms with Crippen LogP contribution in [0, 0.1) is 0 Å². The Morgan fingerprint density at radius 3 is 1.08 bits per heavy atom. The van der Waals surface area contributed by atoms with E-state index >= 15 is 0 Å². The van der Waals surface area contributed by atoms with Gasteiger partial charge in [0.2, 0.25) is 0 Å². The number of carbonyl (C=O) groups is 1. The summed E-state index contributed by atoms with van der Waals surface area (Å²) in [5.41, 5.74) is 0. The number of phosphoric ester groups is 1. The molecule has 2 unspecified atom stereocenters. The predicted octanol–water partition coefficient (Wildman–Crippen LogP) is 16.4. The van der Waals surface area contributed by atoms with Crippen molar-refractivity contribution in [2.45, 2.75) is 277 Å². The van der Waals surface area contributed by atoms with Crippen LogP contribution in [0.25, 0.3) is 0 Å². The monoisotopic (exact) mass is 889 g/mol. The van der Waals surface area contributed by atoms with Gasteiger partial charge < -0.3 is 18.9 Å². The van der Waals surface area contributed by atoms with E-state index in [2.05, 4.69) is 13.8 Å². The van der Waals surface area contributed by atoms with E-state index in [1.807, 2.05) is 21.1 Å². The standard InChI is InChI=1S/C52H106NO7P/c1-6-8-10-12-14-16-18-20-22-24-26-27-28-30-32-34-36-38-40-42-44-47-57-49-51(50-59-61(55,56)58-48-46-53(3,4)5)60-52(54)45-43-41-39-37-35-33-31-29-25-23-21-19-17-15-13-11-9-7-2/h51H,6-50H2,1-5H3/p+1. The minimum atomic E-state index is -4.27. The van der Waals surface area contributed by atoms with Gasteiger partial charge in [0, 0.05) is 13.0 Å². The molecule has 2 atom stereocenters. The van der Waals surface area contributed by atoms with Gasteiger partial charge in [-0.15, -0.1) is 0 Å². The highest BCUT2D eigenvalue weighted by Gasteiger charge is 2.26. The Kier molecular flexibility index (Phi) is 45.7. The van der Waals surface area contributed by atoms with Crippen LogP contribution in [0.3, 0.4) is 0 Å². The van der Waals surface area contributed by atoms with Crippen molar-refractivity contribution in [3.8, 4) is 0 Å². The quantitative estimate of drug-likeness (QED) is 0.0281. The van der Waals surface area contributed by atoms with Crippen LogP contribution in [0.2, 0.25) is 0 Å². The zero-order chi connectivity index (χ0) is 44.8. The summed E-state index contributed by atoms with van der Waals surface area (Å²) >= 11 is 0. The highest BCUT2D eigenvalue weighted by molar-refractivity contribution is 7.47. The van der Waals surface area contributed by atoms with Gasteiger partial charge in [0.15, 0.2) is 0 Å². The van der Waals surface area contributed by atoms with Gasteiger partial charge in [-0.1, -0.05) is 251 Å². The third kappa shape index (κ3) is 50.4. The molecule has 0 bridgehead atoms. The molecule has 0 aliphatic rings. The maximum absolute atomic E-state index is 12.8. The molecule has 0 aliphatic carbocycles. The van der Waals surface area contributed by atoms with E-state index in [1.165, 1.54) is 218 Å². The van der Waals surface area contributed by atoms with Gasteiger partial charge in [0.25, 0.3) is 0 Å². The number of esters is 1. The summed E-state index contributed by atoms with van der Waals surface area (Å²) < 4.78 is 35.2. The van der Waals surface area contributed by atoms with Crippen LogP contribution in [0.4, 0.5) is 0 Å². The van der Waals surface area contributed by atoms with Gasteiger partial charge >= 0.3 is 13.8 Å². The highest BCUT2D eigenvalue weighted by Crippen LogP contribution is 2.43. The van der Waals surface area contributed by atoms with Crippen molar-refractivity contribution in [3.63, 3.8) is 0 Å². The Morgan fingerprint density at radius 2 is 0.754 bits per heavy atom. The average Bonchev–Trinajstić information content (AvgIpc) is 3.22. The smallest absolute Gasteiger partial charge is 0.457 e. The summed E-state index contributed by atoms with van der Waals surface area (Å²) in [5, 5.41) is 0. The van der Waals surface area contributed by atoms with Crippen LogP contribution in [0.1, 0.15) is 271 Å². The van der Waals surface area contributed by atoms with Crippen LogP contribution in [0.5, 0.6) is 0 Å². The lowest BCUT2D eigenvalue weighted by atomic mass is 10.0. The zero-order valence-corrected chi connectivity index (χ0v) is 42.6. The Morgan fingerprint density at radius 1 is 0.443 bits per heavy atom. The van der Waals surface area contributed by atoms with Crippen LogP contribution < -0.4 is 0 Å². The molecule has 0 saturated carbocycles. The van der Waals surface area contributed by atoms with E-state index in [9.17, 15) is 14.3 Å². The SMILES string of the molecule is CCCCCCCCCCCCCCCCCCCCCCCOCC(COP(=O)(O)OCC[N+](C)(C)C)OC(=O)CCCCCCCCCCCCCCCCCCCC. The Bertz CT molecular complexity index is 945. The fraction of sp³-hybridized carbons (Fsp3) is 0.981. The van der Waals surface area contributed by atoms with Gasteiger partial charge in [-0.25, -0.2) is 4.57 Å². The van der Waals surface area contributed by atoms with Crippen molar-refractivity contribution >= 4 is 13.8 Å². The molecule has 0 fully saturated rings. The minimum absolute atomic E-state index is 0.0943. The number of likely N-dealkylation sites (N-methyl/N-ethyl adjacent to an activating group) is 1. The number of nitrogens with zero attached hydrogens (tertiary/aromatic N) is 1. The highest BCUT2D eigenvalue weighted by atomic mass is 31.2. The molecule has 0 saturated heterocycles. The molecular weight excluding hydrogens is 782 g/mol. The van der Waals surface area contributed by atoms with Crippen molar-refractivity contribution < 1.29 is 37.3 Å². The van der Waals surface area contributed by atoms with Gasteiger partial charge in [-0.05, 0) is 12.8 Å². The number of ether oxygens (including phenoxy) is 2. The summed E-state index contributed by atoms with van der Waals surface area (Å²) in [6, 6.07) is 0. The summed E-state index contributed by atoms with van der Waals surface area (Å²) in [4.78, 5) is 23.0. The molecule has 0 aromatic carbocycles. The number of unbranched alkanes of at least 4 members (excludes halogenated alkanes) is 37. The summed E-state index contributed by atoms with van der Waals surface area (Å²) in [6.07, 6.45) is 51.5. The first-order valence-electron chi connectivity index (χ1n) is 26.8. The van der Waals surface area contributed by atoms with E-state index in [0.29, 0.717) is 24.1 Å².